The number of aliphatic carboxylic acids is 1. The molecule has 5 rings (SSSR count). The van der Waals surface area contributed by atoms with Crippen LogP contribution in [-0.2, 0) is 17.9 Å². The zero-order valence-electron chi connectivity index (χ0n) is 29.0. The number of carbonyl (C=O) groups excluding carboxylic acids is 1. The van der Waals surface area contributed by atoms with Gasteiger partial charge in [-0.05, 0) is 109 Å². The molecule has 0 aliphatic heterocycles. The number of aryl methyl sites for hydroxylation is 1. The third kappa shape index (κ3) is 8.99. The Morgan fingerprint density at radius 1 is 0.900 bits per heavy atom. The van der Waals surface area contributed by atoms with Crippen LogP contribution in [0.4, 0.5) is 0 Å². The molecule has 0 bridgehead atoms. The van der Waals surface area contributed by atoms with Crippen molar-refractivity contribution in [3.05, 3.63) is 125 Å². The molecule has 0 aliphatic rings. The highest BCUT2D eigenvalue weighted by Crippen LogP contribution is 2.36. The summed E-state index contributed by atoms with van der Waals surface area (Å²) in [4.78, 5) is 27.9. The molecule has 0 fully saturated rings. The van der Waals surface area contributed by atoms with E-state index in [2.05, 4.69) is 30.1 Å². The number of nitrogens with zero attached hydrogens (tertiary/aromatic N) is 1. The van der Waals surface area contributed by atoms with Crippen molar-refractivity contribution in [1.29, 1.82) is 0 Å². The van der Waals surface area contributed by atoms with Crippen molar-refractivity contribution in [1.82, 2.24) is 10.2 Å². The molecule has 260 valence electrons. The minimum atomic E-state index is -1.04. The zero-order valence-corrected chi connectivity index (χ0v) is 30.6. The van der Waals surface area contributed by atoms with Crippen LogP contribution in [-0.4, -0.2) is 53.1 Å². The van der Waals surface area contributed by atoms with Crippen LogP contribution in [0.25, 0.3) is 33.6 Å². The number of hydrogen-bond donors (Lipinski definition) is 2. The Labute approximate surface area is 303 Å². The number of benzene rings is 4. The van der Waals surface area contributed by atoms with Crippen LogP contribution in [0.2, 0.25) is 5.02 Å². The highest BCUT2D eigenvalue weighted by Gasteiger charge is 2.24. The van der Waals surface area contributed by atoms with Crippen molar-refractivity contribution < 1.29 is 23.8 Å². The number of ether oxygens (including phenoxy) is 1. The average Bonchev–Trinajstić information content (AvgIpc) is 3.53. The van der Waals surface area contributed by atoms with E-state index in [1.54, 1.807) is 18.9 Å². The van der Waals surface area contributed by atoms with Gasteiger partial charge in [0, 0.05) is 34.3 Å². The first kappa shape index (κ1) is 36.8. The van der Waals surface area contributed by atoms with Gasteiger partial charge in [-0.25, -0.2) is 4.79 Å². The van der Waals surface area contributed by atoms with Gasteiger partial charge in [0.05, 0.1) is 13.7 Å². The quantitative estimate of drug-likeness (QED) is 0.112. The van der Waals surface area contributed by atoms with Gasteiger partial charge < -0.3 is 19.6 Å². The van der Waals surface area contributed by atoms with E-state index >= 15 is 0 Å². The fourth-order valence-corrected chi connectivity index (χ4v) is 6.49. The standard InChI is InChI=1S/C41H43ClN2O5S/c1-26(2)44(25-39-35(29-14-16-31(42)17-15-29)23-38(49-39)30-10-8-11-32(22-30)48-4)24-28-13-18-34(36(21-28)33-12-7-6-9-27(33)3)40(45)43-37(41(46)47)19-20-50-5/h6-18,21-23,26,37H,19-20,24-25H2,1-5H3,(H,43,45)(H,46,47). The summed E-state index contributed by atoms with van der Waals surface area (Å²) in [6.45, 7) is 7.42. The van der Waals surface area contributed by atoms with Crippen LogP contribution in [0, 0.1) is 6.92 Å². The molecule has 0 saturated heterocycles. The molecule has 1 heterocycles. The number of carboxylic acid groups (broad SMARTS) is 1. The van der Waals surface area contributed by atoms with Gasteiger partial charge in [-0.15, -0.1) is 0 Å². The van der Waals surface area contributed by atoms with Crippen LogP contribution < -0.4 is 10.1 Å². The summed E-state index contributed by atoms with van der Waals surface area (Å²) < 4.78 is 12.1. The van der Waals surface area contributed by atoms with Crippen LogP contribution in [0.15, 0.2) is 101 Å². The molecular weight excluding hydrogens is 668 g/mol. The summed E-state index contributed by atoms with van der Waals surface area (Å²) in [5.74, 6) is 1.48. The Morgan fingerprint density at radius 2 is 1.66 bits per heavy atom. The van der Waals surface area contributed by atoms with E-state index in [9.17, 15) is 14.7 Å². The SMILES string of the molecule is COc1cccc(-c2cc(-c3ccc(Cl)cc3)c(CN(Cc3ccc(C(=O)NC(CCSC)C(=O)O)c(-c4ccccc4C)c3)C(C)C)o2)c1. The van der Waals surface area contributed by atoms with Crippen LogP contribution in [0.1, 0.15) is 47.5 Å². The highest BCUT2D eigenvalue weighted by atomic mass is 35.5. The minimum Gasteiger partial charge on any atom is -0.497 e. The van der Waals surface area contributed by atoms with E-state index in [4.69, 9.17) is 20.8 Å². The largest absolute Gasteiger partial charge is 0.497 e. The first-order valence-corrected chi connectivity index (χ1v) is 18.3. The first-order valence-electron chi connectivity index (χ1n) is 16.6. The van der Waals surface area contributed by atoms with Gasteiger partial charge in [-0.2, -0.15) is 11.8 Å². The highest BCUT2D eigenvalue weighted by molar-refractivity contribution is 7.98. The van der Waals surface area contributed by atoms with Gasteiger partial charge in [0.15, 0.2) is 0 Å². The maximum Gasteiger partial charge on any atom is 0.326 e. The molecule has 0 aliphatic carbocycles. The number of carbonyl (C=O) groups is 2. The van der Waals surface area contributed by atoms with E-state index in [1.165, 1.54) is 0 Å². The summed E-state index contributed by atoms with van der Waals surface area (Å²) in [6.07, 6.45) is 2.26. The van der Waals surface area contributed by atoms with Crippen LogP contribution >= 0.6 is 23.4 Å². The van der Waals surface area contributed by atoms with Crippen molar-refractivity contribution in [2.75, 3.05) is 19.1 Å². The number of furan rings is 1. The lowest BCUT2D eigenvalue weighted by molar-refractivity contribution is -0.139. The monoisotopic (exact) mass is 710 g/mol. The predicted molar refractivity (Wildman–Crippen MR) is 204 cm³/mol. The molecular formula is C41H43ClN2O5S. The Balaban J connectivity index is 1.50. The van der Waals surface area contributed by atoms with E-state index in [-0.39, 0.29) is 6.04 Å². The molecule has 1 aromatic heterocycles. The number of methoxy groups -OCH3 is 1. The molecule has 7 nitrogen and oxygen atoms in total. The number of thioether (sulfide) groups is 1. The summed E-state index contributed by atoms with van der Waals surface area (Å²) in [7, 11) is 1.65. The van der Waals surface area contributed by atoms with E-state index in [0.717, 1.165) is 56.2 Å². The van der Waals surface area contributed by atoms with Gasteiger partial charge in [0.1, 0.15) is 23.3 Å². The third-order valence-electron chi connectivity index (χ3n) is 8.76. The third-order valence-corrected chi connectivity index (χ3v) is 9.65. The number of nitrogens with one attached hydrogen (secondary N) is 1. The number of amides is 1. The predicted octanol–water partition coefficient (Wildman–Crippen LogP) is 9.60. The van der Waals surface area contributed by atoms with E-state index < -0.39 is 17.9 Å². The molecule has 1 unspecified atom stereocenters. The zero-order chi connectivity index (χ0) is 35.8. The first-order chi connectivity index (χ1) is 24.1. The van der Waals surface area contributed by atoms with Crippen molar-refractivity contribution in [3.8, 4) is 39.3 Å². The topological polar surface area (TPSA) is 92.0 Å². The fraction of sp³-hybridized carbons (Fsp3) is 0.268. The average molecular weight is 711 g/mol. The molecule has 50 heavy (non-hydrogen) atoms. The van der Waals surface area contributed by atoms with Gasteiger partial charge in [0.25, 0.3) is 5.91 Å². The lowest BCUT2D eigenvalue weighted by atomic mass is 9.93. The molecule has 9 heteroatoms. The number of hydrogen-bond acceptors (Lipinski definition) is 6. The molecule has 4 aromatic carbocycles. The van der Waals surface area contributed by atoms with Gasteiger partial charge in [-0.3, -0.25) is 9.69 Å². The minimum absolute atomic E-state index is 0.149. The van der Waals surface area contributed by atoms with E-state index in [0.29, 0.717) is 35.8 Å². The number of rotatable bonds is 15. The number of halogens is 1. The Morgan fingerprint density at radius 3 is 2.34 bits per heavy atom. The van der Waals surface area contributed by atoms with Gasteiger partial charge >= 0.3 is 5.97 Å². The smallest absolute Gasteiger partial charge is 0.326 e. The Kier molecular flexibility index (Phi) is 12.5. The van der Waals surface area contributed by atoms with Crippen molar-refractivity contribution in [2.24, 2.45) is 0 Å². The lowest BCUT2D eigenvalue weighted by Crippen LogP contribution is -2.41. The molecule has 2 N–H and O–H groups in total. The Bertz CT molecular complexity index is 1940. The molecule has 0 radical (unpaired) electrons. The second-order valence-electron chi connectivity index (χ2n) is 12.5. The maximum absolute atomic E-state index is 13.6. The molecule has 1 atom stereocenters. The van der Waals surface area contributed by atoms with Crippen molar-refractivity contribution >= 4 is 35.2 Å². The van der Waals surface area contributed by atoms with Crippen molar-refractivity contribution in [3.63, 3.8) is 0 Å². The second-order valence-corrected chi connectivity index (χ2v) is 13.9. The number of carboxylic acids is 1. The normalized spacial score (nSPS) is 11.9. The van der Waals surface area contributed by atoms with Crippen LogP contribution in [0.5, 0.6) is 5.75 Å². The van der Waals surface area contributed by atoms with Gasteiger partial charge in [0.2, 0.25) is 0 Å². The lowest BCUT2D eigenvalue weighted by Gasteiger charge is -2.27. The molecule has 0 spiro atoms. The summed E-state index contributed by atoms with van der Waals surface area (Å²) in [5, 5.41) is 13.2. The van der Waals surface area contributed by atoms with E-state index in [1.807, 2.05) is 104 Å². The van der Waals surface area contributed by atoms with Crippen molar-refractivity contribution in [2.45, 2.75) is 52.4 Å². The van der Waals surface area contributed by atoms with Crippen LogP contribution in [0.3, 0.4) is 0 Å². The maximum atomic E-state index is 13.6. The fourth-order valence-electron chi connectivity index (χ4n) is 5.89. The summed E-state index contributed by atoms with van der Waals surface area (Å²) in [5.41, 5.74) is 7.04. The summed E-state index contributed by atoms with van der Waals surface area (Å²) >= 11 is 7.80. The Hall–Kier alpha value is -4.50. The second kappa shape index (κ2) is 16.9. The summed E-state index contributed by atoms with van der Waals surface area (Å²) in [6, 6.07) is 30.6. The van der Waals surface area contributed by atoms with Gasteiger partial charge in [-0.1, -0.05) is 66.2 Å². The molecule has 0 saturated carbocycles. The molecule has 1 amide bonds. The molecule has 5 aromatic rings.